The molecule has 0 amide bonds. The van der Waals surface area contributed by atoms with Crippen molar-refractivity contribution < 1.29 is 0 Å². The van der Waals surface area contributed by atoms with Crippen LogP contribution >= 0.6 is 24.0 Å². The molecule has 0 aliphatic rings. The summed E-state index contributed by atoms with van der Waals surface area (Å²) in [7, 11) is 0. The number of hydrogen-bond acceptors (Lipinski definition) is 2. The molecule has 0 radical (unpaired) electrons. The van der Waals surface area contributed by atoms with Crippen LogP contribution in [0.15, 0.2) is 29.3 Å². The molecule has 6 heteroatoms. The van der Waals surface area contributed by atoms with E-state index in [0.29, 0.717) is 6.54 Å². The van der Waals surface area contributed by atoms with Crippen molar-refractivity contribution in [3.05, 3.63) is 30.1 Å². The third-order valence-electron chi connectivity index (χ3n) is 3.28. The Labute approximate surface area is 156 Å². The number of aryl methyl sites for hydroxylation is 1. The van der Waals surface area contributed by atoms with Gasteiger partial charge in [0.05, 0.1) is 17.6 Å². The van der Waals surface area contributed by atoms with E-state index in [2.05, 4.69) is 65.0 Å². The van der Waals surface area contributed by atoms with E-state index in [9.17, 15) is 0 Å². The lowest BCUT2D eigenvalue weighted by atomic mass is 10.1. The van der Waals surface area contributed by atoms with Crippen LogP contribution in [0.2, 0.25) is 0 Å². The van der Waals surface area contributed by atoms with Crippen LogP contribution in [-0.2, 0) is 6.54 Å². The Hall–Kier alpha value is -1.31. The molecule has 128 valence electrons. The number of fused-ring (bicyclic) bond motifs is 1. The minimum absolute atomic E-state index is 0. The van der Waals surface area contributed by atoms with Crippen LogP contribution in [0.25, 0.3) is 11.0 Å². The van der Waals surface area contributed by atoms with Gasteiger partial charge in [-0.1, -0.05) is 12.1 Å². The van der Waals surface area contributed by atoms with Gasteiger partial charge in [0.15, 0.2) is 5.96 Å². The molecule has 5 nitrogen and oxygen atoms in total. The maximum Gasteiger partial charge on any atom is 0.191 e. The second-order valence-corrected chi connectivity index (χ2v) is 6.44. The summed E-state index contributed by atoms with van der Waals surface area (Å²) in [6.07, 6.45) is 0. The van der Waals surface area contributed by atoms with Crippen LogP contribution in [0.1, 0.15) is 33.5 Å². The zero-order chi connectivity index (χ0) is 16.2. The molecule has 1 heterocycles. The minimum atomic E-state index is -0.00137. The van der Waals surface area contributed by atoms with Crippen LogP contribution in [-0.4, -0.2) is 34.1 Å². The fraction of sp³-hybridized carbons (Fsp3) is 0.529. The van der Waals surface area contributed by atoms with E-state index in [4.69, 9.17) is 0 Å². The summed E-state index contributed by atoms with van der Waals surface area (Å²) in [5, 5.41) is 6.69. The normalized spacial score (nSPS) is 12.1. The highest BCUT2D eigenvalue weighted by molar-refractivity contribution is 14.0. The molecular formula is C17H28IN5. The van der Waals surface area contributed by atoms with Gasteiger partial charge in [-0.25, -0.2) is 4.98 Å². The number of benzene rings is 1. The van der Waals surface area contributed by atoms with E-state index >= 15 is 0 Å². The van der Waals surface area contributed by atoms with Crippen molar-refractivity contribution in [3.63, 3.8) is 0 Å². The first-order valence-electron chi connectivity index (χ1n) is 7.89. The van der Waals surface area contributed by atoms with E-state index in [1.807, 2.05) is 19.1 Å². The monoisotopic (exact) mass is 429 g/mol. The predicted octanol–water partition coefficient (Wildman–Crippen LogP) is 3.32. The molecule has 0 fully saturated rings. The quantitative estimate of drug-likeness (QED) is 0.446. The summed E-state index contributed by atoms with van der Waals surface area (Å²) < 4.78 is 2.22. The minimum Gasteiger partial charge on any atom is -0.357 e. The van der Waals surface area contributed by atoms with Gasteiger partial charge in [-0.3, -0.25) is 4.99 Å². The van der Waals surface area contributed by atoms with Crippen molar-refractivity contribution >= 4 is 41.0 Å². The Balaban J connectivity index is 0.00000264. The molecule has 0 atom stereocenters. The fourth-order valence-corrected chi connectivity index (χ4v) is 2.40. The second kappa shape index (κ2) is 8.52. The standard InChI is InChI=1S/C17H27N5.HI/c1-6-18-16(21-17(3,4)5)19-11-12-22-13(2)20-14-9-7-8-10-15(14)22;/h7-10H,6,11-12H2,1-5H3,(H2,18,19,21);1H. The van der Waals surface area contributed by atoms with Gasteiger partial charge in [0.25, 0.3) is 0 Å². The third-order valence-corrected chi connectivity index (χ3v) is 3.28. The van der Waals surface area contributed by atoms with Crippen molar-refractivity contribution in [1.82, 2.24) is 20.2 Å². The number of nitrogens with zero attached hydrogens (tertiary/aromatic N) is 3. The number of aromatic nitrogens is 2. The highest BCUT2D eigenvalue weighted by Crippen LogP contribution is 2.15. The largest absolute Gasteiger partial charge is 0.357 e. The van der Waals surface area contributed by atoms with Crippen LogP contribution < -0.4 is 10.6 Å². The van der Waals surface area contributed by atoms with Crippen LogP contribution in [0.5, 0.6) is 0 Å². The number of nitrogens with one attached hydrogen (secondary N) is 2. The number of halogens is 1. The Bertz CT molecular complexity index is 655. The average molecular weight is 429 g/mol. The molecule has 1 aromatic heterocycles. The Morgan fingerprint density at radius 1 is 1.26 bits per heavy atom. The summed E-state index contributed by atoms with van der Waals surface area (Å²) in [5.74, 6) is 1.89. The predicted molar refractivity (Wildman–Crippen MR) is 109 cm³/mol. The number of para-hydroxylation sites is 2. The molecule has 2 aromatic rings. The summed E-state index contributed by atoms with van der Waals surface area (Å²) in [6, 6.07) is 8.23. The summed E-state index contributed by atoms with van der Waals surface area (Å²) in [5.41, 5.74) is 2.21. The molecule has 0 unspecified atom stereocenters. The van der Waals surface area contributed by atoms with Crippen molar-refractivity contribution in [2.45, 2.75) is 46.7 Å². The van der Waals surface area contributed by atoms with E-state index in [-0.39, 0.29) is 29.5 Å². The highest BCUT2D eigenvalue weighted by Gasteiger charge is 2.11. The molecule has 0 bridgehead atoms. The van der Waals surface area contributed by atoms with Crippen molar-refractivity contribution in [3.8, 4) is 0 Å². The van der Waals surface area contributed by atoms with Crippen molar-refractivity contribution in [1.29, 1.82) is 0 Å². The zero-order valence-corrected chi connectivity index (χ0v) is 17.0. The lowest BCUT2D eigenvalue weighted by Crippen LogP contribution is -2.47. The number of imidazole rings is 1. The van der Waals surface area contributed by atoms with E-state index in [1.54, 1.807) is 0 Å². The Morgan fingerprint density at radius 3 is 2.61 bits per heavy atom. The van der Waals surface area contributed by atoms with Gasteiger partial charge in [0, 0.05) is 18.6 Å². The molecule has 0 aliphatic heterocycles. The first-order chi connectivity index (χ1) is 10.4. The van der Waals surface area contributed by atoms with Gasteiger partial charge in [-0.05, 0) is 46.8 Å². The first kappa shape index (κ1) is 19.7. The maximum absolute atomic E-state index is 4.67. The number of hydrogen-bond donors (Lipinski definition) is 2. The SMILES string of the molecule is CCNC(=NCCn1c(C)nc2ccccc21)NC(C)(C)C.I. The van der Waals surface area contributed by atoms with Gasteiger partial charge >= 0.3 is 0 Å². The van der Waals surface area contributed by atoms with Crippen LogP contribution in [0.3, 0.4) is 0 Å². The molecule has 2 N–H and O–H groups in total. The van der Waals surface area contributed by atoms with Crippen molar-refractivity contribution in [2.24, 2.45) is 4.99 Å². The molecule has 0 saturated carbocycles. The first-order valence-corrected chi connectivity index (χ1v) is 7.89. The molecular weight excluding hydrogens is 401 g/mol. The lowest BCUT2D eigenvalue weighted by molar-refractivity contribution is 0.501. The Morgan fingerprint density at radius 2 is 1.96 bits per heavy atom. The molecule has 23 heavy (non-hydrogen) atoms. The van der Waals surface area contributed by atoms with E-state index in [0.717, 1.165) is 30.4 Å². The topological polar surface area (TPSA) is 54.2 Å². The number of aliphatic imine (C=N–C) groups is 1. The van der Waals surface area contributed by atoms with E-state index < -0.39 is 0 Å². The van der Waals surface area contributed by atoms with Crippen LogP contribution in [0, 0.1) is 6.92 Å². The van der Waals surface area contributed by atoms with Gasteiger partial charge in [0.1, 0.15) is 5.82 Å². The maximum atomic E-state index is 4.67. The zero-order valence-electron chi connectivity index (χ0n) is 14.7. The number of guanidine groups is 1. The van der Waals surface area contributed by atoms with Crippen LogP contribution in [0.4, 0.5) is 0 Å². The summed E-state index contributed by atoms with van der Waals surface area (Å²) in [6.45, 7) is 12.9. The van der Waals surface area contributed by atoms with Gasteiger partial charge < -0.3 is 15.2 Å². The molecule has 0 saturated heterocycles. The molecule has 1 aromatic carbocycles. The third kappa shape index (κ3) is 5.67. The second-order valence-electron chi connectivity index (χ2n) is 6.44. The molecule has 0 aliphatic carbocycles. The lowest BCUT2D eigenvalue weighted by Gasteiger charge is -2.23. The van der Waals surface area contributed by atoms with Gasteiger partial charge in [-0.15, -0.1) is 24.0 Å². The summed E-state index contributed by atoms with van der Waals surface area (Å²) in [4.78, 5) is 9.26. The Kier molecular flexibility index (Phi) is 7.31. The van der Waals surface area contributed by atoms with Gasteiger partial charge in [0.2, 0.25) is 0 Å². The number of rotatable bonds is 4. The smallest absolute Gasteiger partial charge is 0.191 e. The highest BCUT2D eigenvalue weighted by atomic mass is 127. The molecule has 2 rings (SSSR count). The van der Waals surface area contributed by atoms with E-state index in [1.165, 1.54) is 5.52 Å². The van der Waals surface area contributed by atoms with Crippen molar-refractivity contribution in [2.75, 3.05) is 13.1 Å². The summed E-state index contributed by atoms with van der Waals surface area (Å²) >= 11 is 0. The molecule has 0 spiro atoms. The van der Waals surface area contributed by atoms with Gasteiger partial charge in [-0.2, -0.15) is 0 Å². The average Bonchev–Trinajstić information content (AvgIpc) is 2.74. The fourth-order valence-electron chi connectivity index (χ4n) is 2.40.